The zero-order valence-corrected chi connectivity index (χ0v) is 20.6. The first-order chi connectivity index (χ1) is 17.0. The summed E-state index contributed by atoms with van der Waals surface area (Å²) in [7, 11) is 0. The quantitative estimate of drug-likeness (QED) is 0.522. The molecule has 2 aromatic rings. The van der Waals surface area contributed by atoms with Gasteiger partial charge in [0.05, 0.1) is 17.9 Å². The summed E-state index contributed by atoms with van der Waals surface area (Å²) in [6.45, 7) is 3.64. The molecule has 0 aromatic heterocycles. The number of hydrogen-bond donors (Lipinski definition) is 2. The van der Waals surface area contributed by atoms with Gasteiger partial charge in [0, 0.05) is 25.0 Å². The van der Waals surface area contributed by atoms with Gasteiger partial charge in [-0.15, -0.1) is 0 Å². The van der Waals surface area contributed by atoms with Crippen molar-refractivity contribution in [1.82, 2.24) is 10.2 Å². The fourth-order valence-electron chi connectivity index (χ4n) is 6.21. The van der Waals surface area contributed by atoms with Gasteiger partial charge in [0.1, 0.15) is 0 Å². The molecule has 0 unspecified atom stereocenters. The van der Waals surface area contributed by atoms with Crippen molar-refractivity contribution in [2.45, 2.75) is 63.3 Å². The highest BCUT2D eigenvalue weighted by Gasteiger charge is 2.47. The van der Waals surface area contributed by atoms with E-state index in [1.54, 1.807) is 0 Å². The number of likely N-dealkylation sites (tertiary alicyclic amines) is 1. The minimum atomic E-state index is -0.611. The molecule has 184 valence electrons. The summed E-state index contributed by atoms with van der Waals surface area (Å²) in [5, 5.41) is 22.7. The Morgan fingerprint density at radius 2 is 1.71 bits per heavy atom. The largest absolute Gasteiger partial charge is 0.481 e. The second kappa shape index (κ2) is 10.1. The molecule has 2 atom stereocenters. The van der Waals surface area contributed by atoms with Gasteiger partial charge < -0.3 is 15.3 Å². The van der Waals surface area contributed by atoms with Crippen LogP contribution in [0.3, 0.4) is 0 Å². The summed E-state index contributed by atoms with van der Waals surface area (Å²) >= 11 is 0. The van der Waals surface area contributed by atoms with Gasteiger partial charge in [-0.25, -0.2) is 0 Å². The first kappa shape index (κ1) is 24.0. The van der Waals surface area contributed by atoms with Gasteiger partial charge in [-0.2, -0.15) is 5.26 Å². The van der Waals surface area contributed by atoms with Gasteiger partial charge in [-0.3, -0.25) is 4.79 Å². The maximum atomic E-state index is 11.9. The molecule has 5 rings (SSSR count). The Morgan fingerprint density at radius 3 is 2.31 bits per heavy atom. The molecule has 5 nitrogen and oxygen atoms in total. The molecular formula is C30H37N3O2. The molecule has 0 bridgehead atoms. The Kier molecular flexibility index (Phi) is 6.95. The van der Waals surface area contributed by atoms with Crippen LogP contribution in [0, 0.1) is 22.2 Å². The fraction of sp³-hybridized carbons (Fsp3) is 0.533. The van der Waals surface area contributed by atoms with Crippen molar-refractivity contribution in [3.05, 3.63) is 71.3 Å². The van der Waals surface area contributed by atoms with Gasteiger partial charge in [-0.05, 0) is 73.7 Å². The van der Waals surface area contributed by atoms with Crippen molar-refractivity contribution in [1.29, 1.82) is 5.26 Å². The van der Waals surface area contributed by atoms with Gasteiger partial charge in [0.15, 0.2) is 0 Å². The van der Waals surface area contributed by atoms with Crippen LogP contribution in [0.4, 0.5) is 0 Å². The first-order valence-electron chi connectivity index (χ1n) is 13.2. The third kappa shape index (κ3) is 5.44. The minimum Gasteiger partial charge on any atom is -0.481 e. The SMILES string of the molecule is N#CCc1ccc(CC2(CN[C@@H]3C[C@H]3c3ccccc3)CCN(CC3(C(=O)O)CCC3)CC2)cc1. The summed E-state index contributed by atoms with van der Waals surface area (Å²) in [5.74, 6) is 0.00745. The third-order valence-corrected chi connectivity index (χ3v) is 8.85. The van der Waals surface area contributed by atoms with Crippen molar-refractivity contribution in [2.24, 2.45) is 10.8 Å². The van der Waals surface area contributed by atoms with Crippen molar-refractivity contribution in [3.63, 3.8) is 0 Å². The second-order valence-electron chi connectivity index (χ2n) is 11.3. The zero-order chi connectivity index (χ0) is 24.3. The van der Waals surface area contributed by atoms with Gasteiger partial charge >= 0.3 is 5.97 Å². The highest BCUT2D eigenvalue weighted by Crippen LogP contribution is 2.45. The molecule has 0 spiro atoms. The predicted molar refractivity (Wildman–Crippen MR) is 137 cm³/mol. The van der Waals surface area contributed by atoms with Gasteiger partial charge in [-0.1, -0.05) is 61.0 Å². The molecule has 5 heteroatoms. The first-order valence-corrected chi connectivity index (χ1v) is 13.2. The Labute approximate surface area is 209 Å². The standard InChI is InChI=1S/C30H37N3O2/c31-16-11-23-7-9-24(10-8-23)20-29(21-32-27-19-26(27)25-5-2-1-3-6-25)14-17-33(18-15-29)22-30(28(34)35)12-4-13-30/h1-3,5-10,26-27,32H,4,11-15,17-22H2,(H,34,35)/t26-,27+/m0/s1. The van der Waals surface area contributed by atoms with Crippen LogP contribution in [-0.4, -0.2) is 48.2 Å². The fourth-order valence-corrected chi connectivity index (χ4v) is 6.21. The maximum absolute atomic E-state index is 11.9. The molecule has 2 saturated carbocycles. The Morgan fingerprint density at radius 1 is 1.03 bits per heavy atom. The van der Waals surface area contributed by atoms with E-state index in [2.05, 4.69) is 70.9 Å². The number of carboxylic acid groups (broad SMARTS) is 1. The van der Waals surface area contributed by atoms with Crippen LogP contribution in [-0.2, 0) is 17.6 Å². The molecule has 0 radical (unpaired) electrons. The number of carbonyl (C=O) groups is 1. The van der Waals surface area contributed by atoms with E-state index < -0.39 is 11.4 Å². The van der Waals surface area contributed by atoms with Crippen LogP contribution in [0.15, 0.2) is 54.6 Å². The van der Waals surface area contributed by atoms with E-state index in [-0.39, 0.29) is 5.41 Å². The lowest BCUT2D eigenvalue weighted by molar-refractivity contribution is -0.156. The van der Waals surface area contributed by atoms with Crippen LogP contribution in [0.1, 0.15) is 61.1 Å². The summed E-state index contributed by atoms with van der Waals surface area (Å²) in [4.78, 5) is 14.3. The number of aliphatic carboxylic acids is 1. The highest BCUT2D eigenvalue weighted by molar-refractivity contribution is 5.76. The minimum absolute atomic E-state index is 0.174. The second-order valence-corrected chi connectivity index (χ2v) is 11.3. The number of rotatable bonds is 10. The summed E-state index contributed by atoms with van der Waals surface area (Å²) in [5.41, 5.74) is 3.50. The highest BCUT2D eigenvalue weighted by atomic mass is 16.4. The summed E-state index contributed by atoms with van der Waals surface area (Å²) in [6.07, 6.45) is 7.53. The Balaban J connectivity index is 1.24. The van der Waals surface area contributed by atoms with E-state index in [0.717, 1.165) is 63.7 Å². The lowest BCUT2D eigenvalue weighted by atomic mass is 9.67. The number of nitrogens with one attached hydrogen (secondary N) is 1. The van der Waals surface area contributed by atoms with E-state index in [0.29, 0.717) is 24.9 Å². The molecule has 2 aliphatic carbocycles. The monoisotopic (exact) mass is 471 g/mol. The molecule has 1 aliphatic heterocycles. The molecule has 2 aromatic carbocycles. The molecule has 1 heterocycles. The van der Waals surface area contributed by atoms with Crippen LogP contribution in [0.2, 0.25) is 0 Å². The van der Waals surface area contributed by atoms with Crippen LogP contribution < -0.4 is 5.32 Å². The van der Waals surface area contributed by atoms with E-state index in [9.17, 15) is 9.90 Å². The topological polar surface area (TPSA) is 76.4 Å². The van der Waals surface area contributed by atoms with Crippen LogP contribution in [0.5, 0.6) is 0 Å². The molecule has 3 aliphatic rings. The molecule has 2 N–H and O–H groups in total. The maximum Gasteiger partial charge on any atom is 0.310 e. The number of hydrogen-bond acceptors (Lipinski definition) is 4. The average Bonchev–Trinajstić information content (AvgIpc) is 3.63. The number of carboxylic acids is 1. The van der Waals surface area contributed by atoms with E-state index in [4.69, 9.17) is 5.26 Å². The van der Waals surface area contributed by atoms with E-state index in [1.807, 2.05) is 0 Å². The molecule has 1 saturated heterocycles. The average molecular weight is 472 g/mol. The van der Waals surface area contributed by atoms with Crippen molar-refractivity contribution in [3.8, 4) is 6.07 Å². The molecule has 3 fully saturated rings. The van der Waals surface area contributed by atoms with Gasteiger partial charge in [0.2, 0.25) is 0 Å². The molecule has 0 amide bonds. The van der Waals surface area contributed by atoms with E-state index in [1.165, 1.54) is 17.5 Å². The number of benzene rings is 2. The Hall–Kier alpha value is -2.68. The number of nitriles is 1. The number of piperidine rings is 1. The van der Waals surface area contributed by atoms with Crippen molar-refractivity contribution >= 4 is 5.97 Å². The number of nitrogens with zero attached hydrogens (tertiary/aromatic N) is 2. The lowest BCUT2D eigenvalue weighted by Crippen LogP contribution is -2.52. The van der Waals surface area contributed by atoms with Crippen molar-refractivity contribution in [2.75, 3.05) is 26.2 Å². The summed E-state index contributed by atoms with van der Waals surface area (Å²) in [6, 6.07) is 22.2. The molecular weight excluding hydrogens is 434 g/mol. The zero-order valence-electron chi connectivity index (χ0n) is 20.6. The summed E-state index contributed by atoms with van der Waals surface area (Å²) < 4.78 is 0. The Bertz CT molecular complexity index is 1050. The van der Waals surface area contributed by atoms with Crippen LogP contribution in [0.25, 0.3) is 0 Å². The van der Waals surface area contributed by atoms with Gasteiger partial charge in [0.25, 0.3) is 0 Å². The molecule has 35 heavy (non-hydrogen) atoms. The van der Waals surface area contributed by atoms with Crippen molar-refractivity contribution < 1.29 is 9.90 Å². The normalized spacial score (nSPS) is 24.8. The van der Waals surface area contributed by atoms with Crippen LogP contribution >= 0.6 is 0 Å². The predicted octanol–water partition coefficient (Wildman–Crippen LogP) is 4.78. The smallest absolute Gasteiger partial charge is 0.310 e. The third-order valence-electron chi connectivity index (χ3n) is 8.85. The lowest BCUT2D eigenvalue weighted by Gasteiger charge is -2.47. The van der Waals surface area contributed by atoms with E-state index >= 15 is 0 Å².